The van der Waals surface area contributed by atoms with Gasteiger partial charge >= 0.3 is 5.97 Å². The number of amides is 1. The molecule has 122 valence electrons. The summed E-state index contributed by atoms with van der Waals surface area (Å²) in [5.74, 6) is -1.38. The summed E-state index contributed by atoms with van der Waals surface area (Å²) in [4.78, 5) is 23.3. The van der Waals surface area contributed by atoms with Gasteiger partial charge in [0, 0.05) is 18.6 Å². The second-order valence-electron chi connectivity index (χ2n) is 6.44. The number of nitrogens with one attached hydrogen (secondary N) is 1. The topological polar surface area (TPSA) is 106 Å². The van der Waals surface area contributed by atoms with Gasteiger partial charge in [-0.3, -0.25) is 4.79 Å². The molecule has 0 bridgehead atoms. The number of carboxylic acid groups (broad SMARTS) is 1. The van der Waals surface area contributed by atoms with Gasteiger partial charge in [-0.25, -0.2) is 9.48 Å². The van der Waals surface area contributed by atoms with Gasteiger partial charge < -0.3 is 15.2 Å². The van der Waals surface area contributed by atoms with Crippen molar-refractivity contribution >= 4 is 11.9 Å². The smallest absolute Gasteiger partial charge is 0.358 e. The first kappa shape index (κ1) is 16.4. The third-order valence-corrected chi connectivity index (χ3v) is 3.49. The fourth-order valence-corrected chi connectivity index (χ4v) is 2.54. The highest BCUT2D eigenvalue weighted by Gasteiger charge is 2.29. The maximum Gasteiger partial charge on any atom is 0.358 e. The van der Waals surface area contributed by atoms with E-state index in [1.54, 1.807) is 0 Å². The van der Waals surface area contributed by atoms with Crippen molar-refractivity contribution in [1.29, 1.82) is 0 Å². The number of rotatable bonds is 5. The molecule has 0 saturated carbocycles. The van der Waals surface area contributed by atoms with E-state index in [2.05, 4.69) is 15.6 Å². The van der Waals surface area contributed by atoms with Crippen LogP contribution in [0.3, 0.4) is 0 Å². The van der Waals surface area contributed by atoms with Crippen LogP contribution in [0, 0.1) is 0 Å². The molecule has 1 aliphatic rings. The zero-order valence-electron chi connectivity index (χ0n) is 13.1. The molecule has 2 N–H and O–H groups in total. The molecule has 1 unspecified atom stereocenters. The average molecular weight is 310 g/mol. The van der Waals surface area contributed by atoms with Gasteiger partial charge in [0.2, 0.25) is 5.91 Å². The number of ether oxygens (including phenoxy) is 1. The lowest BCUT2D eigenvalue weighted by Crippen LogP contribution is -2.35. The summed E-state index contributed by atoms with van der Waals surface area (Å²) in [6, 6.07) is 0. The minimum absolute atomic E-state index is 0.0559. The van der Waals surface area contributed by atoms with Gasteiger partial charge in [0.1, 0.15) is 6.54 Å². The predicted molar refractivity (Wildman–Crippen MR) is 77.7 cm³/mol. The molecule has 1 aromatic heterocycles. The first-order valence-corrected chi connectivity index (χ1v) is 7.34. The molecule has 1 amide bonds. The van der Waals surface area contributed by atoms with Crippen molar-refractivity contribution in [3.8, 4) is 0 Å². The van der Waals surface area contributed by atoms with Crippen molar-refractivity contribution in [2.75, 3.05) is 13.2 Å². The van der Waals surface area contributed by atoms with Crippen molar-refractivity contribution < 1.29 is 19.4 Å². The van der Waals surface area contributed by atoms with E-state index < -0.39 is 11.4 Å². The summed E-state index contributed by atoms with van der Waals surface area (Å²) in [6.07, 6.45) is 2.02. The molecule has 1 fully saturated rings. The summed E-state index contributed by atoms with van der Waals surface area (Å²) >= 11 is 0. The fraction of sp³-hybridized carbons (Fsp3) is 0.714. The zero-order chi connectivity index (χ0) is 16.3. The van der Waals surface area contributed by atoms with Crippen LogP contribution >= 0.6 is 0 Å². The lowest BCUT2D eigenvalue weighted by atomic mass is 9.90. The van der Waals surface area contributed by atoms with Crippen molar-refractivity contribution in [3.63, 3.8) is 0 Å². The molecule has 1 atom stereocenters. The van der Waals surface area contributed by atoms with Gasteiger partial charge in [0.15, 0.2) is 5.69 Å². The minimum atomic E-state index is -1.14. The highest BCUT2D eigenvalue weighted by molar-refractivity contribution is 5.87. The number of carboxylic acids is 1. The van der Waals surface area contributed by atoms with E-state index in [-0.39, 0.29) is 24.2 Å². The SMILES string of the molecule is CC(C)(C)c1c(C(=O)O)nnn1CC(=O)NCC1CCCO1. The second-order valence-corrected chi connectivity index (χ2v) is 6.44. The van der Waals surface area contributed by atoms with Gasteiger partial charge in [-0.15, -0.1) is 5.10 Å². The first-order valence-electron chi connectivity index (χ1n) is 7.34. The number of nitrogens with zero attached hydrogens (tertiary/aromatic N) is 3. The maximum atomic E-state index is 12.0. The fourth-order valence-electron chi connectivity index (χ4n) is 2.54. The predicted octanol–water partition coefficient (Wildman–Crippen LogP) is 0.569. The molecule has 1 saturated heterocycles. The minimum Gasteiger partial charge on any atom is -0.476 e. The van der Waals surface area contributed by atoms with Crippen LogP contribution in [-0.2, 0) is 21.5 Å². The van der Waals surface area contributed by atoms with E-state index in [1.165, 1.54) is 4.68 Å². The van der Waals surface area contributed by atoms with E-state index in [9.17, 15) is 14.7 Å². The molecule has 2 heterocycles. The van der Waals surface area contributed by atoms with E-state index in [4.69, 9.17) is 4.74 Å². The van der Waals surface area contributed by atoms with Crippen LogP contribution in [0.5, 0.6) is 0 Å². The molecule has 0 radical (unpaired) electrons. The Kier molecular flexibility index (Phi) is 4.80. The van der Waals surface area contributed by atoms with E-state index >= 15 is 0 Å². The standard InChI is InChI=1S/C14H22N4O4/c1-14(2,3)12-11(13(20)21)16-17-18(12)8-10(19)15-7-9-5-4-6-22-9/h9H,4-8H2,1-3H3,(H,15,19)(H,20,21). The van der Waals surface area contributed by atoms with Crippen LogP contribution in [0.25, 0.3) is 0 Å². The average Bonchev–Trinajstić information content (AvgIpc) is 3.04. The molecule has 1 aromatic rings. The second kappa shape index (κ2) is 6.43. The van der Waals surface area contributed by atoms with Gasteiger partial charge in [-0.05, 0) is 12.8 Å². The summed E-state index contributed by atoms with van der Waals surface area (Å²) in [6.45, 7) is 6.72. The maximum absolute atomic E-state index is 12.0. The summed E-state index contributed by atoms with van der Waals surface area (Å²) < 4.78 is 6.80. The lowest BCUT2D eigenvalue weighted by molar-refractivity contribution is -0.122. The number of carbonyl (C=O) groups is 2. The molecular weight excluding hydrogens is 288 g/mol. The Bertz CT molecular complexity index is 556. The molecule has 22 heavy (non-hydrogen) atoms. The number of hydrogen-bond donors (Lipinski definition) is 2. The van der Waals surface area contributed by atoms with Crippen molar-refractivity contribution in [1.82, 2.24) is 20.3 Å². The Balaban J connectivity index is 2.05. The van der Waals surface area contributed by atoms with Crippen LogP contribution in [0.15, 0.2) is 0 Å². The Hall–Kier alpha value is -1.96. The van der Waals surface area contributed by atoms with Crippen molar-refractivity contribution in [2.24, 2.45) is 0 Å². The number of aromatic carboxylic acids is 1. The van der Waals surface area contributed by atoms with Gasteiger partial charge in [0.25, 0.3) is 0 Å². The molecule has 0 aliphatic carbocycles. The molecule has 0 aromatic carbocycles. The molecule has 1 aliphatic heterocycles. The molecule has 0 spiro atoms. The molecular formula is C14H22N4O4. The molecule has 2 rings (SSSR count). The Labute approximate surface area is 128 Å². The normalized spacial score (nSPS) is 18.4. The van der Waals surface area contributed by atoms with Crippen LogP contribution in [0.1, 0.15) is 49.8 Å². The van der Waals surface area contributed by atoms with Gasteiger partial charge in [0.05, 0.1) is 11.8 Å². The van der Waals surface area contributed by atoms with Crippen LogP contribution in [-0.4, -0.2) is 51.2 Å². The van der Waals surface area contributed by atoms with Crippen LogP contribution < -0.4 is 5.32 Å². The summed E-state index contributed by atoms with van der Waals surface area (Å²) in [5, 5.41) is 19.5. The number of aromatic nitrogens is 3. The van der Waals surface area contributed by atoms with E-state index in [0.29, 0.717) is 12.2 Å². The summed E-state index contributed by atoms with van der Waals surface area (Å²) in [5.41, 5.74) is -0.154. The summed E-state index contributed by atoms with van der Waals surface area (Å²) in [7, 11) is 0. The number of carbonyl (C=O) groups excluding carboxylic acids is 1. The molecule has 8 heteroatoms. The third-order valence-electron chi connectivity index (χ3n) is 3.49. The van der Waals surface area contributed by atoms with Gasteiger partial charge in [-0.2, -0.15) is 0 Å². The quantitative estimate of drug-likeness (QED) is 0.823. The molecule has 8 nitrogen and oxygen atoms in total. The lowest BCUT2D eigenvalue weighted by Gasteiger charge is -2.20. The number of hydrogen-bond acceptors (Lipinski definition) is 5. The highest BCUT2D eigenvalue weighted by atomic mass is 16.5. The largest absolute Gasteiger partial charge is 0.476 e. The monoisotopic (exact) mass is 310 g/mol. The first-order chi connectivity index (χ1) is 10.3. The Morgan fingerprint density at radius 2 is 2.18 bits per heavy atom. The third kappa shape index (κ3) is 3.82. The highest BCUT2D eigenvalue weighted by Crippen LogP contribution is 2.24. The van der Waals surface area contributed by atoms with Crippen molar-refractivity contribution in [3.05, 3.63) is 11.4 Å². The Morgan fingerprint density at radius 3 is 2.73 bits per heavy atom. The van der Waals surface area contributed by atoms with E-state index in [0.717, 1.165) is 19.4 Å². The van der Waals surface area contributed by atoms with Crippen LogP contribution in [0.2, 0.25) is 0 Å². The Morgan fingerprint density at radius 1 is 1.45 bits per heavy atom. The van der Waals surface area contributed by atoms with Crippen LogP contribution in [0.4, 0.5) is 0 Å². The van der Waals surface area contributed by atoms with Gasteiger partial charge in [-0.1, -0.05) is 26.0 Å². The zero-order valence-corrected chi connectivity index (χ0v) is 13.1. The van der Waals surface area contributed by atoms with E-state index in [1.807, 2.05) is 20.8 Å². The van der Waals surface area contributed by atoms with Crippen molar-refractivity contribution in [2.45, 2.75) is 51.7 Å².